The number of hydrogen-bond acceptors (Lipinski definition) is 6. The fraction of sp³-hybridized carbons (Fsp3) is 0.238. The van der Waals surface area contributed by atoms with Crippen molar-refractivity contribution in [3.63, 3.8) is 0 Å². The lowest BCUT2D eigenvalue weighted by Crippen LogP contribution is -2.47. The van der Waals surface area contributed by atoms with Crippen LogP contribution in [0.25, 0.3) is 16.9 Å². The summed E-state index contributed by atoms with van der Waals surface area (Å²) in [6, 6.07) is 12.2. The van der Waals surface area contributed by atoms with Gasteiger partial charge in [0.2, 0.25) is 5.95 Å². The van der Waals surface area contributed by atoms with E-state index in [9.17, 15) is 4.39 Å². The number of piperazine rings is 1. The highest BCUT2D eigenvalue weighted by Crippen LogP contribution is 2.25. The Morgan fingerprint density at radius 2 is 1.66 bits per heavy atom. The van der Waals surface area contributed by atoms with Gasteiger partial charge in [0.05, 0.1) is 5.69 Å². The van der Waals surface area contributed by atoms with E-state index < -0.39 is 0 Å². The molecule has 7 nitrogen and oxygen atoms in total. The van der Waals surface area contributed by atoms with Crippen molar-refractivity contribution >= 4 is 17.4 Å². The second-order valence-corrected chi connectivity index (χ2v) is 7.09. The van der Waals surface area contributed by atoms with Crippen molar-refractivity contribution in [1.29, 1.82) is 0 Å². The van der Waals surface area contributed by atoms with Crippen LogP contribution in [0.1, 0.15) is 5.69 Å². The Balaban J connectivity index is 1.46. The number of rotatable bonds is 3. The predicted octanol–water partition coefficient (Wildman–Crippen LogP) is 2.96. The second-order valence-electron chi connectivity index (χ2n) is 7.09. The number of halogens is 1. The van der Waals surface area contributed by atoms with Crippen molar-refractivity contribution in [3.8, 4) is 11.3 Å². The lowest BCUT2D eigenvalue weighted by molar-refractivity contribution is 0.626. The van der Waals surface area contributed by atoms with Crippen molar-refractivity contribution < 1.29 is 4.39 Å². The van der Waals surface area contributed by atoms with Gasteiger partial charge in [0.25, 0.3) is 0 Å². The Morgan fingerprint density at radius 1 is 0.897 bits per heavy atom. The van der Waals surface area contributed by atoms with E-state index in [-0.39, 0.29) is 5.82 Å². The normalized spacial score (nSPS) is 14.6. The SMILES string of the molecule is Cc1cc(N2CCN(c3ncccn3)CC2)n2nc(-c3cccc(F)c3)cc2n1. The highest BCUT2D eigenvalue weighted by molar-refractivity contribution is 5.66. The Hall–Kier alpha value is -3.55. The van der Waals surface area contributed by atoms with Crippen LogP contribution < -0.4 is 9.80 Å². The zero-order valence-electron chi connectivity index (χ0n) is 16.0. The van der Waals surface area contributed by atoms with Crippen molar-refractivity contribution in [2.45, 2.75) is 6.92 Å². The largest absolute Gasteiger partial charge is 0.353 e. The molecule has 8 heteroatoms. The van der Waals surface area contributed by atoms with Crippen molar-refractivity contribution in [2.24, 2.45) is 0 Å². The number of anilines is 2. The highest BCUT2D eigenvalue weighted by atomic mass is 19.1. The molecule has 0 bridgehead atoms. The standard InChI is InChI=1S/C21H20FN7/c1-15-12-20(27-8-10-28(11-9-27)21-23-6-3-7-24-21)29-19(25-15)14-18(26-29)16-4-2-5-17(22)13-16/h2-7,12-14H,8-11H2,1H3. The maximum atomic E-state index is 13.6. The van der Waals surface area contributed by atoms with E-state index in [0.29, 0.717) is 5.69 Å². The van der Waals surface area contributed by atoms with Gasteiger partial charge in [-0.15, -0.1) is 0 Å². The fourth-order valence-electron chi connectivity index (χ4n) is 3.68. The first-order valence-electron chi connectivity index (χ1n) is 9.58. The first-order valence-corrected chi connectivity index (χ1v) is 9.58. The van der Waals surface area contributed by atoms with Crippen LogP contribution in [0.3, 0.4) is 0 Å². The van der Waals surface area contributed by atoms with Crippen LogP contribution in [0.15, 0.2) is 54.9 Å². The smallest absolute Gasteiger partial charge is 0.225 e. The van der Waals surface area contributed by atoms with Crippen LogP contribution >= 0.6 is 0 Å². The van der Waals surface area contributed by atoms with Crippen LogP contribution in [0.5, 0.6) is 0 Å². The van der Waals surface area contributed by atoms with Crippen molar-refractivity contribution in [3.05, 3.63) is 66.4 Å². The van der Waals surface area contributed by atoms with Crippen LogP contribution in [0, 0.1) is 12.7 Å². The van der Waals surface area contributed by atoms with Crippen molar-refractivity contribution in [1.82, 2.24) is 24.6 Å². The van der Waals surface area contributed by atoms with Crippen LogP contribution in [-0.2, 0) is 0 Å². The third-order valence-electron chi connectivity index (χ3n) is 5.10. The van der Waals surface area contributed by atoms with Gasteiger partial charge in [-0.1, -0.05) is 12.1 Å². The van der Waals surface area contributed by atoms with E-state index in [1.54, 1.807) is 18.5 Å². The maximum absolute atomic E-state index is 13.6. The number of nitrogens with zero attached hydrogens (tertiary/aromatic N) is 7. The summed E-state index contributed by atoms with van der Waals surface area (Å²) < 4.78 is 15.5. The molecule has 0 amide bonds. The zero-order chi connectivity index (χ0) is 19.8. The predicted molar refractivity (Wildman–Crippen MR) is 110 cm³/mol. The summed E-state index contributed by atoms with van der Waals surface area (Å²) in [5, 5.41) is 4.73. The third-order valence-corrected chi connectivity index (χ3v) is 5.10. The number of aryl methyl sites for hydroxylation is 1. The number of benzene rings is 1. The van der Waals surface area contributed by atoms with E-state index in [0.717, 1.165) is 54.8 Å². The van der Waals surface area contributed by atoms with E-state index in [2.05, 4.69) is 24.8 Å². The number of hydrogen-bond donors (Lipinski definition) is 0. The summed E-state index contributed by atoms with van der Waals surface area (Å²) in [6.07, 6.45) is 3.53. The van der Waals surface area contributed by atoms with Gasteiger partial charge < -0.3 is 9.80 Å². The monoisotopic (exact) mass is 389 g/mol. The molecular weight excluding hydrogens is 369 g/mol. The molecule has 0 radical (unpaired) electrons. The molecule has 0 saturated carbocycles. The highest BCUT2D eigenvalue weighted by Gasteiger charge is 2.22. The fourth-order valence-corrected chi connectivity index (χ4v) is 3.68. The summed E-state index contributed by atoms with van der Waals surface area (Å²) in [4.78, 5) is 17.8. The number of aromatic nitrogens is 5. The summed E-state index contributed by atoms with van der Waals surface area (Å²) in [5.41, 5.74) is 3.13. The van der Waals surface area contributed by atoms with E-state index in [1.807, 2.05) is 35.7 Å². The molecule has 4 heterocycles. The van der Waals surface area contributed by atoms with Crippen LogP contribution in [-0.4, -0.2) is 50.7 Å². The van der Waals surface area contributed by atoms with Gasteiger partial charge in [-0.2, -0.15) is 9.61 Å². The summed E-state index contributed by atoms with van der Waals surface area (Å²) >= 11 is 0. The molecule has 0 spiro atoms. The molecule has 1 fully saturated rings. The van der Waals surface area contributed by atoms with Crippen LogP contribution in [0.2, 0.25) is 0 Å². The molecule has 0 unspecified atom stereocenters. The minimum Gasteiger partial charge on any atom is -0.353 e. The Kier molecular flexibility index (Phi) is 4.31. The minimum atomic E-state index is -0.275. The van der Waals surface area contributed by atoms with Gasteiger partial charge in [0, 0.05) is 62.0 Å². The van der Waals surface area contributed by atoms with E-state index in [4.69, 9.17) is 5.10 Å². The lowest BCUT2D eigenvalue weighted by Gasteiger charge is -2.35. The Bertz CT molecular complexity index is 1150. The summed E-state index contributed by atoms with van der Waals surface area (Å²) in [6.45, 7) is 5.28. The molecule has 1 aliphatic rings. The van der Waals surface area contributed by atoms with Gasteiger partial charge in [0.1, 0.15) is 11.6 Å². The van der Waals surface area contributed by atoms with Gasteiger partial charge in [-0.05, 0) is 25.1 Å². The zero-order valence-corrected chi connectivity index (χ0v) is 16.0. The molecule has 146 valence electrons. The topological polar surface area (TPSA) is 62.5 Å². The van der Waals surface area contributed by atoms with Gasteiger partial charge in [-0.3, -0.25) is 0 Å². The molecule has 5 rings (SSSR count). The van der Waals surface area contributed by atoms with Gasteiger partial charge >= 0.3 is 0 Å². The average Bonchev–Trinajstić information content (AvgIpc) is 3.18. The summed E-state index contributed by atoms with van der Waals surface area (Å²) in [5.74, 6) is 1.47. The second kappa shape index (κ2) is 7.12. The van der Waals surface area contributed by atoms with Gasteiger partial charge in [0.15, 0.2) is 5.65 Å². The number of fused-ring (bicyclic) bond motifs is 1. The molecule has 3 aromatic heterocycles. The van der Waals surface area contributed by atoms with E-state index in [1.165, 1.54) is 12.1 Å². The first-order chi connectivity index (χ1) is 14.2. The summed E-state index contributed by atoms with van der Waals surface area (Å²) in [7, 11) is 0. The molecule has 0 atom stereocenters. The molecule has 0 aliphatic carbocycles. The van der Waals surface area contributed by atoms with Gasteiger partial charge in [-0.25, -0.2) is 19.3 Å². The maximum Gasteiger partial charge on any atom is 0.225 e. The molecule has 0 N–H and O–H groups in total. The molecular formula is C21H20FN7. The molecule has 1 saturated heterocycles. The Morgan fingerprint density at radius 3 is 2.41 bits per heavy atom. The average molecular weight is 389 g/mol. The van der Waals surface area contributed by atoms with Crippen molar-refractivity contribution in [2.75, 3.05) is 36.0 Å². The first kappa shape index (κ1) is 17.5. The third kappa shape index (κ3) is 3.37. The molecule has 1 aromatic carbocycles. The lowest BCUT2D eigenvalue weighted by atomic mass is 10.1. The molecule has 29 heavy (non-hydrogen) atoms. The molecule has 4 aromatic rings. The molecule has 1 aliphatic heterocycles. The quantitative estimate of drug-likeness (QED) is 0.537. The van der Waals surface area contributed by atoms with E-state index >= 15 is 0 Å². The Labute approximate surface area is 167 Å². The minimum absolute atomic E-state index is 0.275. The van der Waals surface area contributed by atoms with Crippen LogP contribution in [0.4, 0.5) is 16.2 Å².